The minimum atomic E-state index is -1.02. The molecule has 2 atom stereocenters. The van der Waals surface area contributed by atoms with Gasteiger partial charge in [0.1, 0.15) is 11.5 Å². The van der Waals surface area contributed by atoms with Crippen molar-refractivity contribution in [2.45, 2.75) is 58.3 Å². The zero-order chi connectivity index (χ0) is 20.1. The van der Waals surface area contributed by atoms with Gasteiger partial charge < -0.3 is 19.0 Å². The van der Waals surface area contributed by atoms with Gasteiger partial charge in [0.2, 0.25) is 5.89 Å². The van der Waals surface area contributed by atoms with Gasteiger partial charge >= 0.3 is 5.97 Å². The van der Waals surface area contributed by atoms with Crippen LogP contribution in [0.15, 0.2) is 40.8 Å². The quantitative estimate of drug-likeness (QED) is 0.677. The molecule has 1 aromatic carbocycles. The molecule has 0 aliphatic heterocycles. The fourth-order valence-electron chi connectivity index (χ4n) is 3.35. The van der Waals surface area contributed by atoms with Crippen molar-refractivity contribution in [3.8, 4) is 11.5 Å². The van der Waals surface area contributed by atoms with E-state index < -0.39 is 5.97 Å². The van der Waals surface area contributed by atoms with E-state index in [0.717, 1.165) is 48.3 Å². The second-order valence-corrected chi connectivity index (χ2v) is 7.33. The molecule has 3 rings (SSSR count). The molecule has 1 aliphatic carbocycles. The van der Waals surface area contributed by atoms with Crippen molar-refractivity contribution >= 4 is 5.97 Å². The van der Waals surface area contributed by atoms with Crippen LogP contribution in [0.4, 0.5) is 0 Å². The van der Waals surface area contributed by atoms with Crippen LogP contribution in [0, 0.1) is 13.8 Å². The Morgan fingerprint density at radius 1 is 1.29 bits per heavy atom. The molecule has 1 fully saturated rings. The summed E-state index contributed by atoms with van der Waals surface area (Å²) in [4.78, 5) is 15.4. The van der Waals surface area contributed by atoms with Crippen LogP contribution in [0.1, 0.15) is 42.7 Å². The van der Waals surface area contributed by atoms with Crippen molar-refractivity contribution in [2.75, 3.05) is 6.61 Å². The van der Waals surface area contributed by atoms with E-state index in [1.165, 1.54) is 0 Å². The third-order valence-corrected chi connectivity index (χ3v) is 4.99. The normalized spacial score (nSPS) is 19.5. The summed E-state index contributed by atoms with van der Waals surface area (Å²) in [7, 11) is 0. The molecule has 0 radical (unpaired) electrons. The third kappa shape index (κ3) is 5.30. The molecule has 6 nitrogen and oxygen atoms in total. The number of nitrogens with zero attached hydrogens (tertiary/aromatic N) is 1. The molecule has 1 aromatic heterocycles. The van der Waals surface area contributed by atoms with Crippen LogP contribution in [0.5, 0.6) is 0 Å². The van der Waals surface area contributed by atoms with E-state index in [4.69, 9.17) is 19.0 Å². The first-order valence-corrected chi connectivity index (χ1v) is 9.60. The van der Waals surface area contributed by atoms with Crippen LogP contribution in [0.25, 0.3) is 11.5 Å². The van der Waals surface area contributed by atoms with Gasteiger partial charge in [0.25, 0.3) is 0 Å². The number of aryl methyl sites for hydroxylation is 2. The van der Waals surface area contributed by atoms with Crippen molar-refractivity contribution in [3.63, 3.8) is 0 Å². The molecular formula is C22H27NO5. The van der Waals surface area contributed by atoms with E-state index in [2.05, 4.69) is 11.6 Å². The summed E-state index contributed by atoms with van der Waals surface area (Å²) >= 11 is 0. The maximum atomic E-state index is 10.8. The molecule has 2 aromatic rings. The lowest BCUT2D eigenvalue weighted by atomic mass is 9.95. The molecule has 0 amide bonds. The van der Waals surface area contributed by atoms with E-state index >= 15 is 0 Å². The van der Waals surface area contributed by atoms with E-state index in [9.17, 15) is 4.79 Å². The fraction of sp³-hybridized carbons (Fsp3) is 0.455. The van der Waals surface area contributed by atoms with Crippen LogP contribution in [-0.4, -0.2) is 34.9 Å². The molecule has 1 aliphatic rings. The summed E-state index contributed by atoms with van der Waals surface area (Å²) in [6.45, 7) is 7.88. The predicted molar refractivity (Wildman–Crippen MR) is 105 cm³/mol. The van der Waals surface area contributed by atoms with Crippen molar-refractivity contribution in [3.05, 3.63) is 53.4 Å². The lowest BCUT2D eigenvalue weighted by Gasteiger charge is -2.29. The monoisotopic (exact) mass is 385 g/mol. The van der Waals surface area contributed by atoms with Crippen molar-refractivity contribution in [2.24, 2.45) is 0 Å². The summed E-state index contributed by atoms with van der Waals surface area (Å²) in [5.41, 5.74) is 2.99. The van der Waals surface area contributed by atoms with Crippen molar-refractivity contribution in [1.82, 2.24) is 4.98 Å². The fourth-order valence-corrected chi connectivity index (χ4v) is 3.35. The zero-order valence-electron chi connectivity index (χ0n) is 16.4. The summed E-state index contributed by atoms with van der Waals surface area (Å²) in [6, 6.07) is 8.05. The number of oxazole rings is 1. The number of aliphatic carboxylic acids is 1. The molecular weight excluding hydrogens is 358 g/mol. The van der Waals surface area contributed by atoms with Crippen molar-refractivity contribution in [1.29, 1.82) is 0 Å². The first-order valence-electron chi connectivity index (χ1n) is 9.60. The van der Waals surface area contributed by atoms with Crippen molar-refractivity contribution < 1.29 is 23.8 Å². The average molecular weight is 385 g/mol. The maximum absolute atomic E-state index is 10.8. The Kier molecular flexibility index (Phi) is 6.65. The number of aromatic nitrogens is 1. The highest BCUT2D eigenvalue weighted by molar-refractivity contribution is 5.85. The summed E-state index contributed by atoms with van der Waals surface area (Å²) in [6.07, 6.45) is 3.66. The van der Waals surface area contributed by atoms with E-state index in [0.29, 0.717) is 12.5 Å². The van der Waals surface area contributed by atoms with Gasteiger partial charge in [-0.25, -0.2) is 9.78 Å². The minimum Gasteiger partial charge on any atom is -0.478 e. The molecule has 28 heavy (non-hydrogen) atoms. The van der Waals surface area contributed by atoms with Crippen LogP contribution in [0.3, 0.4) is 0 Å². The Balaban J connectivity index is 1.54. The van der Waals surface area contributed by atoms with Gasteiger partial charge in [-0.15, -0.1) is 0 Å². The minimum absolute atomic E-state index is 0.00360. The summed E-state index contributed by atoms with van der Waals surface area (Å²) in [5.74, 6) is 0.351. The van der Waals surface area contributed by atoms with Gasteiger partial charge in [0.15, 0.2) is 0 Å². The van der Waals surface area contributed by atoms with Gasteiger partial charge in [0.05, 0.1) is 31.0 Å². The Morgan fingerprint density at radius 3 is 2.75 bits per heavy atom. The smallest absolute Gasteiger partial charge is 0.333 e. The second kappa shape index (κ2) is 9.17. The summed E-state index contributed by atoms with van der Waals surface area (Å²) < 4.78 is 17.6. The SMILES string of the molecule is C=C(COC1CCCC(OCc2nc(-c3cccc(C)c3)oc2C)C1)C(=O)O. The maximum Gasteiger partial charge on any atom is 0.333 e. The van der Waals surface area contributed by atoms with Gasteiger partial charge in [0, 0.05) is 5.56 Å². The number of carboxylic acids is 1. The third-order valence-electron chi connectivity index (χ3n) is 4.99. The lowest BCUT2D eigenvalue weighted by molar-refractivity contribution is -0.133. The van der Waals surface area contributed by atoms with Gasteiger partial charge in [-0.1, -0.05) is 24.3 Å². The standard InChI is InChI=1S/C22H27NO5/c1-14-6-4-7-17(10-14)21-23-20(16(3)28-21)13-27-19-9-5-8-18(11-19)26-12-15(2)22(24)25/h4,6-7,10,18-19H,2,5,8-9,11-13H2,1,3H3,(H,24,25). The molecule has 1 saturated carbocycles. The number of rotatable bonds is 8. The molecule has 0 spiro atoms. The topological polar surface area (TPSA) is 81.8 Å². The Labute approximate surface area is 165 Å². The van der Waals surface area contributed by atoms with Crippen LogP contribution < -0.4 is 0 Å². The molecule has 1 heterocycles. The van der Waals surface area contributed by atoms with E-state index in [1.54, 1.807) is 0 Å². The molecule has 0 bridgehead atoms. The van der Waals surface area contributed by atoms with Crippen LogP contribution >= 0.6 is 0 Å². The molecule has 2 unspecified atom stereocenters. The Morgan fingerprint density at radius 2 is 2.04 bits per heavy atom. The number of ether oxygens (including phenoxy) is 2. The Hall–Kier alpha value is -2.44. The Bertz CT molecular complexity index is 841. The highest BCUT2D eigenvalue weighted by atomic mass is 16.5. The number of carbonyl (C=O) groups is 1. The van der Waals surface area contributed by atoms with E-state index in [1.807, 2.05) is 38.1 Å². The first-order chi connectivity index (χ1) is 13.4. The molecule has 150 valence electrons. The number of hydrogen-bond donors (Lipinski definition) is 1. The van der Waals surface area contributed by atoms with E-state index in [-0.39, 0.29) is 24.4 Å². The lowest BCUT2D eigenvalue weighted by Crippen LogP contribution is -2.29. The number of hydrogen-bond acceptors (Lipinski definition) is 5. The largest absolute Gasteiger partial charge is 0.478 e. The molecule has 0 saturated heterocycles. The highest BCUT2D eigenvalue weighted by Crippen LogP contribution is 2.27. The van der Waals surface area contributed by atoms with Crippen LogP contribution in [-0.2, 0) is 20.9 Å². The molecule has 1 N–H and O–H groups in total. The first kappa shape index (κ1) is 20.3. The van der Waals surface area contributed by atoms with Crippen LogP contribution in [0.2, 0.25) is 0 Å². The number of carboxylic acid groups (broad SMARTS) is 1. The predicted octanol–water partition coefficient (Wildman–Crippen LogP) is 4.44. The van der Waals surface area contributed by atoms with Gasteiger partial charge in [-0.05, 0) is 51.7 Å². The zero-order valence-corrected chi connectivity index (χ0v) is 16.4. The highest BCUT2D eigenvalue weighted by Gasteiger charge is 2.24. The summed E-state index contributed by atoms with van der Waals surface area (Å²) in [5, 5.41) is 8.88. The second-order valence-electron chi connectivity index (χ2n) is 7.33. The van der Waals surface area contributed by atoms with Gasteiger partial charge in [-0.2, -0.15) is 0 Å². The molecule has 6 heteroatoms. The average Bonchev–Trinajstić information content (AvgIpc) is 3.05. The number of benzene rings is 1. The van der Waals surface area contributed by atoms with Gasteiger partial charge in [-0.3, -0.25) is 0 Å².